The summed E-state index contributed by atoms with van der Waals surface area (Å²) in [4.78, 5) is 27.7. The maximum atomic E-state index is 12.1. The molecular weight excluding hydrogens is 356 g/mol. The Hall–Kier alpha value is -2.45. The number of ether oxygens (including phenoxy) is 2. The van der Waals surface area contributed by atoms with Crippen molar-refractivity contribution in [3.63, 3.8) is 0 Å². The van der Waals surface area contributed by atoms with Gasteiger partial charge in [0.25, 0.3) is 0 Å². The predicted molar refractivity (Wildman–Crippen MR) is 98.5 cm³/mol. The zero-order valence-corrected chi connectivity index (χ0v) is 15.5. The quantitative estimate of drug-likeness (QED) is 0.659. The Balaban J connectivity index is 1.96. The lowest BCUT2D eigenvalue weighted by Crippen LogP contribution is -2.42. The van der Waals surface area contributed by atoms with E-state index in [1.807, 2.05) is 31.2 Å². The first kappa shape index (κ1) is 19.9. The lowest BCUT2D eigenvalue weighted by Gasteiger charge is -2.13. The van der Waals surface area contributed by atoms with Crippen LogP contribution in [0.15, 0.2) is 29.6 Å². The number of carboxylic acid groups (broad SMARTS) is 1. The second kappa shape index (κ2) is 9.88. The molecule has 2 aromatic rings. The highest BCUT2D eigenvalue weighted by Gasteiger charge is 2.20. The average molecular weight is 378 g/mol. The number of hydrogen-bond acceptors (Lipinski definition) is 6. The number of aliphatic carboxylic acids is 1. The van der Waals surface area contributed by atoms with E-state index in [2.05, 4.69) is 10.3 Å². The Morgan fingerprint density at radius 2 is 2.04 bits per heavy atom. The smallest absolute Gasteiger partial charge is 0.326 e. The summed E-state index contributed by atoms with van der Waals surface area (Å²) in [6, 6.07) is 6.61. The number of hydrogen-bond donors (Lipinski definition) is 2. The van der Waals surface area contributed by atoms with Crippen molar-refractivity contribution >= 4 is 23.2 Å². The van der Waals surface area contributed by atoms with Crippen molar-refractivity contribution in [3.05, 3.63) is 35.3 Å². The van der Waals surface area contributed by atoms with Gasteiger partial charge >= 0.3 is 5.97 Å². The zero-order chi connectivity index (χ0) is 18.9. The molecular formula is C18H22N2O5S. The number of benzene rings is 1. The molecule has 0 fully saturated rings. The molecule has 1 aromatic heterocycles. The molecule has 1 atom stereocenters. The van der Waals surface area contributed by atoms with Gasteiger partial charge in [0.05, 0.1) is 18.7 Å². The van der Waals surface area contributed by atoms with E-state index >= 15 is 0 Å². The van der Waals surface area contributed by atoms with Gasteiger partial charge in [-0.3, -0.25) is 4.79 Å². The first-order valence-electron chi connectivity index (χ1n) is 8.22. The van der Waals surface area contributed by atoms with Crippen LogP contribution in [-0.2, 0) is 20.7 Å². The Kier molecular flexibility index (Phi) is 7.55. The van der Waals surface area contributed by atoms with Crippen LogP contribution in [0.25, 0.3) is 10.6 Å². The summed E-state index contributed by atoms with van der Waals surface area (Å²) in [5.74, 6) is -0.663. The minimum atomic E-state index is -1.08. The molecule has 2 N–H and O–H groups in total. The van der Waals surface area contributed by atoms with Crippen molar-refractivity contribution in [2.75, 3.05) is 20.3 Å². The van der Waals surface area contributed by atoms with Crippen LogP contribution in [0.5, 0.6) is 5.75 Å². The highest BCUT2D eigenvalue weighted by Crippen LogP contribution is 2.26. The topological polar surface area (TPSA) is 97.8 Å². The van der Waals surface area contributed by atoms with Crippen LogP contribution in [0.4, 0.5) is 0 Å². The number of nitrogens with one attached hydrogen (secondary N) is 1. The van der Waals surface area contributed by atoms with E-state index in [0.717, 1.165) is 16.3 Å². The molecule has 0 saturated carbocycles. The van der Waals surface area contributed by atoms with Crippen molar-refractivity contribution in [1.82, 2.24) is 10.3 Å². The summed E-state index contributed by atoms with van der Waals surface area (Å²) in [5.41, 5.74) is 1.54. The molecule has 7 nitrogen and oxygen atoms in total. The summed E-state index contributed by atoms with van der Waals surface area (Å²) in [5, 5.41) is 14.2. The molecule has 26 heavy (non-hydrogen) atoms. The van der Waals surface area contributed by atoms with E-state index < -0.39 is 12.0 Å². The van der Waals surface area contributed by atoms with Gasteiger partial charge in [0.15, 0.2) is 0 Å². The SMILES string of the molecule is CCOc1ccc(-c2nc(CC(=O)NC(CCOC)C(=O)O)cs2)cc1. The number of thiazole rings is 1. The van der Waals surface area contributed by atoms with Gasteiger partial charge in [-0.05, 0) is 31.2 Å². The normalized spacial score (nSPS) is 11.8. The second-order valence-electron chi connectivity index (χ2n) is 5.52. The molecule has 2 rings (SSSR count). The summed E-state index contributed by atoms with van der Waals surface area (Å²) in [6.07, 6.45) is 0.246. The van der Waals surface area contributed by atoms with E-state index in [0.29, 0.717) is 12.3 Å². The van der Waals surface area contributed by atoms with Gasteiger partial charge in [-0.15, -0.1) is 11.3 Å². The lowest BCUT2D eigenvalue weighted by atomic mass is 10.2. The van der Waals surface area contributed by atoms with Crippen molar-refractivity contribution < 1.29 is 24.2 Å². The fourth-order valence-corrected chi connectivity index (χ4v) is 3.11. The second-order valence-corrected chi connectivity index (χ2v) is 6.38. The van der Waals surface area contributed by atoms with Gasteiger partial charge in [0.1, 0.15) is 16.8 Å². The van der Waals surface area contributed by atoms with Crippen LogP contribution in [0.1, 0.15) is 19.0 Å². The molecule has 8 heteroatoms. The first-order valence-corrected chi connectivity index (χ1v) is 9.10. The molecule has 0 radical (unpaired) electrons. The number of amides is 1. The molecule has 0 aliphatic carbocycles. The fraction of sp³-hybridized carbons (Fsp3) is 0.389. The van der Waals surface area contributed by atoms with Crippen molar-refractivity contribution in [3.8, 4) is 16.3 Å². The number of nitrogens with zero attached hydrogens (tertiary/aromatic N) is 1. The van der Waals surface area contributed by atoms with Crippen LogP contribution in [0.3, 0.4) is 0 Å². The van der Waals surface area contributed by atoms with Crippen LogP contribution < -0.4 is 10.1 Å². The van der Waals surface area contributed by atoms with Gasteiger partial charge in [-0.2, -0.15) is 0 Å². The molecule has 0 aliphatic heterocycles. The number of carboxylic acids is 1. The lowest BCUT2D eigenvalue weighted by molar-refractivity contribution is -0.142. The molecule has 0 spiro atoms. The van der Waals surface area contributed by atoms with E-state index in [1.165, 1.54) is 18.4 Å². The highest BCUT2D eigenvalue weighted by molar-refractivity contribution is 7.13. The minimum absolute atomic E-state index is 0.0320. The monoisotopic (exact) mass is 378 g/mol. The number of carbonyl (C=O) groups excluding carboxylic acids is 1. The summed E-state index contributed by atoms with van der Waals surface area (Å²) >= 11 is 1.43. The van der Waals surface area contributed by atoms with Crippen LogP contribution in [-0.4, -0.2) is 48.3 Å². The van der Waals surface area contributed by atoms with Crippen LogP contribution in [0.2, 0.25) is 0 Å². The number of aromatic nitrogens is 1. The van der Waals surface area contributed by atoms with E-state index in [4.69, 9.17) is 14.6 Å². The Morgan fingerprint density at radius 1 is 1.31 bits per heavy atom. The third kappa shape index (κ3) is 5.82. The third-order valence-electron chi connectivity index (χ3n) is 3.55. The van der Waals surface area contributed by atoms with Crippen LogP contribution >= 0.6 is 11.3 Å². The third-order valence-corrected chi connectivity index (χ3v) is 4.49. The average Bonchev–Trinajstić information content (AvgIpc) is 3.07. The Bertz CT molecular complexity index is 729. The summed E-state index contributed by atoms with van der Waals surface area (Å²) in [7, 11) is 1.48. The zero-order valence-electron chi connectivity index (χ0n) is 14.7. The van der Waals surface area contributed by atoms with Crippen LogP contribution in [0, 0.1) is 0 Å². The minimum Gasteiger partial charge on any atom is -0.494 e. The molecule has 1 amide bonds. The predicted octanol–water partition coefficient (Wildman–Crippen LogP) is 2.36. The van der Waals surface area contributed by atoms with Gasteiger partial charge < -0.3 is 19.9 Å². The Morgan fingerprint density at radius 3 is 2.65 bits per heavy atom. The van der Waals surface area contributed by atoms with Gasteiger partial charge in [-0.1, -0.05) is 0 Å². The van der Waals surface area contributed by atoms with Crippen molar-refractivity contribution in [2.45, 2.75) is 25.8 Å². The number of carbonyl (C=O) groups is 2. The summed E-state index contributed by atoms with van der Waals surface area (Å²) < 4.78 is 10.3. The molecule has 0 bridgehead atoms. The molecule has 140 valence electrons. The largest absolute Gasteiger partial charge is 0.494 e. The summed E-state index contributed by atoms with van der Waals surface area (Å²) in [6.45, 7) is 2.80. The molecule has 1 heterocycles. The molecule has 1 aromatic carbocycles. The number of rotatable bonds is 10. The standard InChI is InChI=1S/C18H22N2O5S/c1-3-25-14-6-4-12(5-7-14)17-19-13(11-26-17)10-16(21)20-15(18(22)23)8-9-24-2/h4-7,11,15H,3,8-10H2,1-2H3,(H,20,21)(H,22,23). The molecule has 1 unspecified atom stereocenters. The highest BCUT2D eigenvalue weighted by atomic mass is 32.1. The maximum absolute atomic E-state index is 12.1. The van der Waals surface area contributed by atoms with Gasteiger partial charge in [0.2, 0.25) is 5.91 Å². The van der Waals surface area contributed by atoms with Crippen molar-refractivity contribution in [1.29, 1.82) is 0 Å². The maximum Gasteiger partial charge on any atom is 0.326 e. The molecule has 0 aliphatic rings. The number of methoxy groups -OCH3 is 1. The van der Waals surface area contributed by atoms with E-state index in [9.17, 15) is 9.59 Å². The van der Waals surface area contributed by atoms with E-state index in [1.54, 1.807) is 5.38 Å². The first-order chi connectivity index (χ1) is 12.5. The van der Waals surface area contributed by atoms with Gasteiger partial charge in [-0.25, -0.2) is 9.78 Å². The van der Waals surface area contributed by atoms with E-state index in [-0.39, 0.29) is 25.4 Å². The molecule has 0 saturated heterocycles. The Labute approximate surface area is 156 Å². The van der Waals surface area contributed by atoms with Crippen molar-refractivity contribution in [2.24, 2.45) is 0 Å². The fourth-order valence-electron chi connectivity index (χ4n) is 2.28. The van der Waals surface area contributed by atoms with Gasteiger partial charge in [0, 0.05) is 31.1 Å².